The molecule has 5 heteroatoms. The van der Waals surface area contributed by atoms with Crippen molar-refractivity contribution in [1.29, 1.82) is 0 Å². The molecule has 0 spiro atoms. The third-order valence-electron chi connectivity index (χ3n) is 4.79. The molecule has 23 heavy (non-hydrogen) atoms. The van der Waals surface area contributed by atoms with Crippen LogP contribution in [0.4, 0.5) is 0 Å². The van der Waals surface area contributed by atoms with E-state index >= 15 is 0 Å². The molecule has 134 valence electrons. The summed E-state index contributed by atoms with van der Waals surface area (Å²) in [4.78, 5) is 9.64. The van der Waals surface area contributed by atoms with Crippen LogP contribution in [0, 0.1) is 11.8 Å². The van der Waals surface area contributed by atoms with E-state index in [0.717, 1.165) is 26.2 Å². The van der Waals surface area contributed by atoms with E-state index in [0.29, 0.717) is 18.0 Å². The van der Waals surface area contributed by atoms with E-state index in [1.807, 2.05) is 0 Å². The van der Waals surface area contributed by atoms with Gasteiger partial charge in [-0.15, -0.1) is 0 Å². The lowest BCUT2D eigenvalue weighted by Crippen LogP contribution is -2.56. The molecule has 0 aliphatic carbocycles. The van der Waals surface area contributed by atoms with Crippen LogP contribution < -0.4 is 5.32 Å². The molecule has 1 saturated heterocycles. The van der Waals surface area contributed by atoms with Gasteiger partial charge in [0, 0.05) is 37.8 Å². The van der Waals surface area contributed by atoms with Crippen molar-refractivity contribution in [3.63, 3.8) is 0 Å². The average Bonchev–Trinajstić information content (AvgIpc) is 2.56. The Bertz CT molecular complexity index is 391. The molecule has 0 radical (unpaired) electrons. The first-order valence-electron chi connectivity index (χ1n) is 9.01. The standard InChI is InChI=1S/C18H37N5/c1-20(2)12-15-10-16(13-21(3)4)18-19-8-7-9-23(18)17(11-15)14-22(5)6/h11,15-16,18-19H,7-10,12-14H2,1-6H3. The number of hydrogen-bond acceptors (Lipinski definition) is 5. The molecular formula is C18H37N5. The largest absolute Gasteiger partial charge is 0.358 e. The lowest BCUT2D eigenvalue weighted by molar-refractivity contribution is 0.0909. The molecule has 0 amide bonds. The van der Waals surface area contributed by atoms with Crippen LogP contribution in [0.25, 0.3) is 0 Å². The van der Waals surface area contributed by atoms with Gasteiger partial charge in [0.1, 0.15) is 0 Å². The molecule has 0 aromatic heterocycles. The van der Waals surface area contributed by atoms with Crippen LogP contribution >= 0.6 is 0 Å². The Hall–Kier alpha value is -0.620. The highest BCUT2D eigenvalue weighted by molar-refractivity contribution is 5.12. The maximum atomic E-state index is 3.82. The smallest absolute Gasteiger partial charge is 0.0834 e. The van der Waals surface area contributed by atoms with Crippen LogP contribution in [0.2, 0.25) is 0 Å². The van der Waals surface area contributed by atoms with Crippen molar-refractivity contribution < 1.29 is 0 Å². The minimum absolute atomic E-state index is 0.490. The molecule has 2 heterocycles. The molecular weight excluding hydrogens is 286 g/mol. The number of nitrogens with zero attached hydrogens (tertiary/aromatic N) is 4. The molecule has 2 aliphatic heterocycles. The third kappa shape index (κ3) is 5.45. The molecule has 0 aromatic rings. The molecule has 0 saturated carbocycles. The Labute approximate surface area is 143 Å². The Kier molecular flexibility index (Phi) is 6.89. The fraction of sp³-hybridized carbons (Fsp3) is 0.889. The zero-order valence-corrected chi connectivity index (χ0v) is 16.0. The van der Waals surface area contributed by atoms with Gasteiger partial charge >= 0.3 is 0 Å². The van der Waals surface area contributed by atoms with Gasteiger partial charge in [-0.3, -0.25) is 5.32 Å². The van der Waals surface area contributed by atoms with E-state index in [2.05, 4.69) is 73.3 Å². The summed E-state index contributed by atoms with van der Waals surface area (Å²) in [5.41, 5.74) is 1.51. The van der Waals surface area contributed by atoms with Crippen LogP contribution in [0.5, 0.6) is 0 Å². The normalized spacial score (nSPS) is 29.0. The molecule has 2 rings (SSSR count). The predicted molar refractivity (Wildman–Crippen MR) is 98.5 cm³/mol. The van der Waals surface area contributed by atoms with Crippen molar-refractivity contribution in [3.8, 4) is 0 Å². The van der Waals surface area contributed by atoms with Gasteiger partial charge in [-0.05, 0) is 67.6 Å². The minimum atomic E-state index is 0.490. The van der Waals surface area contributed by atoms with Gasteiger partial charge in [0.05, 0.1) is 6.17 Å². The van der Waals surface area contributed by atoms with Crippen molar-refractivity contribution in [3.05, 3.63) is 11.8 Å². The minimum Gasteiger partial charge on any atom is -0.358 e. The summed E-state index contributed by atoms with van der Waals surface area (Å²) >= 11 is 0. The van der Waals surface area contributed by atoms with Crippen LogP contribution in [-0.2, 0) is 0 Å². The zero-order chi connectivity index (χ0) is 17.0. The topological polar surface area (TPSA) is 25.0 Å². The summed E-state index contributed by atoms with van der Waals surface area (Å²) < 4.78 is 0. The molecule has 3 atom stereocenters. The molecule has 1 N–H and O–H groups in total. The Balaban J connectivity index is 2.26. The summed E-state index contributed by atoms with van der Waals surface area (Å²) in [7, 11) is 13.1. The summed E-state index contributed by atoms with van der Waals surface area (Å²) in [5, 5.41) is 3.82. The number of rotatable bonds is 6. The second-order valence-electron chi connectivity index (χ2n) is 8.12. The fourth-order valence-corrected chi connectivity index (χ4v) is 4.15. The Morgan fingerprint density at radius 1 is 1.04 bits per heavy atom. The molecule has 0 aromatic carbocycles. The van der Waals surface area contributed by atoms with Crippen molar-refractivity contribution in [2.75, 3.05) is 75.0 Å². The SMILES string of the molecule is CN(C)CC1=CC(CN(C)C)CC(CN(C)C)C2NCCCN12. The first-order chi connectivity index (χ1) is 10.9. The van der Waals surface area contributed by atoms with Gasteiger partial charge in [0.25, 0.3) is 0 Å². The van der Waals surface area contributed by atoms with E-state index in [4.69, 9.17) is 0 Å². The number of nitrogens with one attached hydrogen (secondary N) is 1. The number of fused-ring (bicyclic) bond motifs is 1. The van der Waals surface area contributed by atoms with Gasteiger partial charge in [-0.25, -0.2) is 0 Å². The molecule has 1 fully saturated rings. The highest BCUT2D eigenvalue weighted by atomic mass is 15.3. The van der Waals surface area contributed by atoms with Crippen molar-refractivity contribution in [2.24, 2.45) is 11.8 Å². The summed E-state index contributed by atoms with van der Waals surface area (Å²) in [6, 6.07) is 0. The maximum absolute atomic E-state index is 3.82. The van der Waals surface area contributed by atoms with Crippen LogP contribution in [-0.4, -0.2) is 101 Å². The summed E-state index contributed by atoms with van der Waals surface area (Å²) in [6.45, 7) is 5.67. The molecule has 0 bridgehead atoms. The second-order valence-corrected chi connectivity index (χ2v) is 8.12. The van der Waals surface area contributed by atoms with Gasteiger partial charge < -0.3 is 19.6 Å². The highest BCUT2D eigenvalue weighted by Gasteiger charge is 2.35. The van der Waals surface area contributed by atoms with E-state index in [9.17, 15) is 0 Å². The Morgan fingerprint density at radius 2 is 1.74 bits per heavy atom. The van der Waals surface area contributed by atoms with Crippen LogP contribution in [0.15, 0.2) is 11.8 Å². The number of hydrogen-bond donors (Lipinski definition) is 1. The molecule has 2 aliphatic rings. The summed E-state index contributed by atoms with van der Waals surface area (Å²) in [5.74, 6) is 1.31. The lowest BCUT2D eigenvalue weighted by Gasteiger charge is -2.43. The fourth-order valence-electron chi connectivity index (χ4n) is 4.15. The van der Waals surface area contributed by atoms with Crippen molar-refractivity contribution in [2.45, 2.75) is 19.0 Å². The van der Waals surface area contributed by atoms with E-state index in [1.165, 1.54) is 25.1 Å². The van der Waals surface area contributed by atoms with Crippen LogP contribution in [0.3, 0.4) is 0 Å². The average molecular weight is 324 g/mol. The van der Waals surface area contributed by atoms with E-state index in [-0.39, 0.29) is 0 Å². The number of likely N-dealkylation sites (N-methyl/N-ethyl adjacent to an activating group) is 1. The van der Waals surface area contributed by atoms with Crippen LogP contribution in [0.1, 0.15) is 12.8 Å². The second kappa shape index (κ2) is 8.47. The maximum Gasteiger partial charge on any atom is 0.0834 e. The molecule has 3 unspecified atom stereocenters. The highest BCUT2D eigenvalue weighted by Crippen LogP contribution is 2.30. The van der Waals surface area contributed by atoms with Crippen molar-refractivity contribution in [1.82, 2.24) is 24.9 Å². The van der Waals surface area contributed by atoms with Gasteiger partial charge in [-0.1, -0.05) is 6.08 Å². The van der Waals surface area contributed by atoms with Gasteiger partial charge in [-0.2, -0.15) is 0 Å². The Morgan fingerprint density at radius 3 is 2.35 bits per heavy atom. The zero-order valence-electron chi connectivity index (χ0n) is 16.0. The lowest BCUT2D eigenvalue weighted by atomic mass is 9.91. The third-order valence-corrected chi connectivity index (χ3v) is 4.79. The first kappa shape index (κ1) is 18.7. The predicted octanol–water partition coefficient (Wildman–Crippen LogP) is 0.813. The quantitative estimate of drug-likeness (QED) is 0.780. The molecule has 5 nitrogen and oxygen atoms in total. The first-order valence-corrected chi connectivity index (χ1v) is 9.01. The van der Waals surface area contributed by atoms with Gasteiger partial charge in [0.15, 0.2) is 0 Å². The summed E-state index contributed by atoms with van der Waals surface area (Å²) in [6.07, 6.45) is 5.57. The van der Waals surface area contributed by atoms with E-state index < -0.39 is 0 Å². The van der Waals surface area contributed by atoms with Crippen molar-refractivity contribution >= 4 is 0 Å². The monoisotopic (exact) mass is 323 g/mol. The van der Waals surface area contributed by atoms with Gasteiger partial charge in [0.2, 0.25) is 0 Å². The van der Waals surface area contributed by atoms with E-state index in [1.54, 1.807) is 0 Å².